The maximum atomic E-state index is 13.3. The minimum atomic E-state index is -0.197. The molecule has 0 aliphatic rings. The van der Waals surface area contributed by atoms with Crippen LogP contribution >= 0.6 is 0 Å². The van der Waals surface area contributed by atoms with Crippen molar-refractivity contribution in [2.24, 2.45) is 5.92 Å². The van der Waals surface area contributed by atoms with E-state index in [1.165, 1.54) is 6.07 Å². The van der Waals surface area contributed by atoms with Crippen molar-refractivity contribution < 1.29 is 9.13 Å². The quantitative estimate of drug-likeness (QED) is 0.790. The number of likely N-dealkylation sites (N-methyl/N-ethyl adjacent to an activating group) is 1. The highest BCUT2D eigenvalue weighted by molar-refractivity contribution is 5.16. The third-order valence-electron chi connectivity index (χ3n) is 3.21. The van der Waals surface area contributed by atoms with E-state index in [9.17, 15) is 4.39 Å². The molecule has 0 aromatic heterocycles. The van der Waals surface area contributed by atoms with Gasteiger partial charge < -0.3 is 10.1 Å². The van der Waals surface area contributed by atoms with Crippen molar-refractivity contribution in [2.45, 2.75) is 32.9 Å². The van der Waals surface area contributed by atoms with Crippen LogP contribution in [-0.4, -0.2) is 19.7 Å². The van der Waals surface area contributed by atoms with E-state index in [0.29, 0.717) is 30.7 Å². The van der Waals surface area contributed by atoms with Gasteiger partial charge in [-0.3, -0.25) is 0 Å². The Balaban J connectivity index is 2.39. The van der Waals surface area contributed by atoms with Gasteiger partial charge in [-0.2, -0.15) is 0 Å². The second-order valence-corrected chi connectivity index (χ2v) is 4.39. The van der Waals surface area contributed by atoms with Crippen molar-refractivity contribution in [1.29, 1.82) is 0 Å². The molecule has 96 valence electrons. The summed E-state index contributed by atoms with van der Waals surface area (Å²) in [5.41, 5.74) is 0.617. The number of rotatable bonds is 7. The molecule has 1 rings (SSSR count). The van der Waals surface area contributed by atoms with Crippen LogP contribution in [0.5, 0.6) is 0 Å². The van der Waals surface area contributed by atoms with Gasteiger partial charge in [-0.1, -0.05) is 38.5 Å². The topological polar surface area (TPSA) is 21.3 Å². The first kappa shape index (κ1) is 14.1. The van der Waals surface area contributed by atoms with Gasteiger partial charge in [0.2, 0.25) is 0 Å². The average molecular weight is 239 g/mol. The first-order valence-corrected chi connectivity index (χ1v) is 6.17. The Kier molecular flexibility index (Phi) is 6.16. The zero-order chi connectivity index (χ0) is 12.7. The third kappa shape index (κ3) is 4.44. The number of benzene rings is 1. The molecule has 0 amide bonds. The van der Waals surface area contributed by atoms with E-state index in [4.69, 9.17) is 4.74 Å². The van der Waals surface area contributed by atoms with Crippen LogP contribution in [0.4, 0.5) is 4.39 Å². The summed E-state index contributed by atoms with van der Waals surface area (Å²) in [5, 5.41) is 3.23. The van der Waals surface area contributed by atoms with Crippen molar-refractivity contribution in [1.82, 2.24) is 5.32 Å². The Labute approximate surface area is 103 Å². The minimum absolute atomic E-state index is 0.197. The summed E-state index contributed by atoms with van der Waals surface area (Å²) in [6.07, 6.45) is 1.11. The number of hydrogen-bond donors (Lipinski definition) is 1. The lowest BCUT2D eigenvalue weighted by molar-refractivity contribution is 0.0839. The number of ether oxygens (including phenoxy) is 1. The molecular weight excluding hydrogens is 217 g/mol. The zero-order valence-electron chi connectivity index (χ0n) is 10.9. The highest BCUT2D eigenvalue weighted by Crippen LogP contribution is 2.11. The summed E-state index contributed by atoms with van der Waals surface area (Å²) in [7, 11) is 1.93. The van der Waals surface area contributed by atoms with Crippen molar-refractivity contribution >= 4 is 0 Å². The predicted molar refractivity (Wildman–Crippen MR) is 68.4 cm³/mol. The van der Waals surface area contributed by atoms with Crippen LogP contribution in [0.3, 0.4) is 0 Å². The smallest absolute Gasteiger partial charge is 0.128 e. The van der Waals surface area contributed by atoms with Crippen molar-refractivity contribution in [2.75, 3.05) is 13.7 Å². The summed E-state index contributed by atoms with van der Waals surface area (Å²) in [6, 6.07) is 7.06. The predicted octanol–water partition coefficient (Wildman–Crippen LogP) is 2.98. The van der Waals surface area contributed by atoms with Crippen molar-refractivity contribution in [3.8, 4) is 0 Å². The molecule has 3 heteroatoms. The number of halogens is 1. The van der Waals surface area contributed by atoms with Crippen LogP contribution < -0.4 is 5.32 Å². The molecule has 1 aromatic carbocycles. The lowest BCUT2D eigenvalue weighted by atomic mass is 10.0. The van der Waals surface area contributed by atoms with Gasteiger partial charge in [0.25, 0.3) is 0 Å². The normalized spacial score (nSPS) is 14.6. The monoisotopic (exact) mass is 239 g/mol. The van der Waals surface area contributed by atoms with Crippen molar-refractivity contribution in [3.05, 3.63) is 35.6 Å². The molecule has 0 radical (unpaired) electrons. The number of hydrogen-bond acceptors (Lipinski definition) is 2. The molecule has 0 aliphatic carbocycles. The fourth-order valence-corrected chi connectivity index (χ4v) is 1.73. The summed E-state index contributed by atoms with van der Waals surface area (Å²) >= 11 is 0. The third-order valence-corrected chi connectivity index (χ3v) is 3.21. The highest BCUT2D eigenvalue weighted by atomic mass is 19.1. The fourth-order valence-electron chi connectivity index (χ4n) is 1.73. The molecule has 1 N–H and O–H groups in total. The van der Waals surface area contributed by atoms with Gasteiger partial charge in [0.15, 0.2) is 0 Å². The van der Waals surface area contributed by atoms with E-state index in [1.807, 2.05) is 13.1 Å². The fraction of sp³-hybridized carbons (Fsp3) is 0.571. The van der Waals surface area contributed by atoms with Crippen LogP contribution in [-0.2, 0) is 11.3 Å². The maximum absolute atomic E-state index is 13.3. The minimum Gasteiger partial charge on any atom is -0.375 e. The van der Waals surface area contributed by atoms with Crippen LogP contribution in [0.2, 0.25) is 0 Å². The maximum Gasteiger partial charge on any atom is 0.128 e. The van der Waals surface area contributed by atoms with E-state index in [-0.39, 0.29) is 5.82 Å². The van der Waals surface area contributed by atoms with E-state index < -0.39 is 0 Å². The molecule has 2 atom stereocenters. The molecule has 0 saturated heterocycles. The molecule has 0 aliphatic heterocycles. The van der Waals surface area contributed by atoms with Crippen LogP contribution in [0.15, 0.2) is 24.3 Å². The first-order valence-electron chi connectivity index (χ1n) is 6.17. The molecule has 0 heterocycles. The second-order valence-electron chi connectivity index (χ2n) is 4.39. The summed E-state index contributed by atoms with van der Waals surface area (Å²) in [6.45, 7) is 5.29. The molecule has 2 unspecified atom stereocenters. The summed E-state index contributed by atoms with van der Waals surface area (Å²) in [4.78, 5) is 0. The molecular formula is C14H22FNO. The van der Waals surface area contributed by atoms with E-state index >= 15 is 0 Å². The van der Waals surface area contributed by atoms with Gasteiger partial charge in [0.1, 0.15) is 5.82 Å². The lowest BCUT2D eigenvalue weighted by Crippen LogP contribution is -2.36. The average Bonchev–Trinajstić information content (AvgIpc) is 2.36. The van der Waals surface area contributed by atoms with Crippen molar-refractivity contribution in [3.63, 3.8) is 0 Å². The molecule has 2 nitrogen and oxygen atoms in total. The van der Waals surface area contributed by atoms with Gasteiger partial charge in [-0.05, 0) is 19.0 Å². The molecule has 17 heavy (non-hydrogen) atoms. The zero-order valence-corrected chi connectivity index (χ0v) is 10.9. The lowest BCUT2D eigenvalue weighted by Gasteiger charge is -2.22. The van der Waals surface area contributed by atoms with Crippen LogP contribution in [0.1, 0.15) is 25.8 Å². The van der Waals surface area contributed by atoms with E-state index in [0.717, 1.165) is 6.42 Å². The Bertz CT molecular complexity index is 330. The van der Waals surface area contributed by atoms with E-state index in [1.54, 1.807) is 12.1 Å². The van der Waals surface area contributed by atoms with Gasteiger partial charge in [0, 0.05) is 11.6 Å². The van der Waals surface area contributed by atoms with Gasteiger partial charge in [-0.25, -0.2) is 4.39 Å². The Morgan fingerprint density at radius 3 is 2.65 bits per heavy atom. The molecule has 0 saturated carbocycles. The largest absolute Gasteiger partial charge is 0.375 e. The van der Waals surface area contributed by atoms with E-state index in [2.05, 4.69) is 19.2 Å². The molecule has 0 bridgehead atoms. The molecule has 0 fully saturated rings. The van der Waals surface area contributed by atoms with Gasteiger partial charge in [0.05, 0.1) is 13.2 Å². The summed E-state index contributed by atoms with van der Waals surface area (Å²) in [5.74, 6) is 0.359. The SMILES string of the molecule is CCC(C)C(COCc1ccccc1F)NC. The first-order chi connectivity index (χ1) is 8.19. The van der Waals surface area contributed by atoms with Gasteiger partial charge in [-0.15, -0.1) is 0 Å². The Morgan fingerprint density at radius 2 is 2.06 bits per heavy atom. The van der Waals surface area contributed by atoms with Gasteiger partial charge >= 0.3 is 0 Å². The standard InChI is InChI=1S/C14H22FNO/c1-4-11(2)14(16-3)10-17-9-12-7-5-6-8-13(12)15/h5-8,11,14,16H,4,9-10H2,1-3H3. The highest BCUT2D eigenvalue weighted by Gasteiger charge is 2.13. The Morgan fingerprint density at radius 1 is 1.35 bits per heavy atom. The Hall–Kier alpha value is -0.930. The van der Waals surface area contributed by atoms with Crippen LogP contribution in [0, 0.1) is 11.7 Å². The molecule has 1 aromatic rings. The second kappa shape index (κ2) is 7.41. The van der Waals surface area contributed by atoms with Crippen LogP contribution in [0.25, 0.3) is 0 Å². The molecule has 0 spiro atoms. The number of nitrogens with one attached hydrogen (secondary N) is 1. The summed E-state index contributed by atoms with van der Waals surface area (Å²) < 4.78 is 18.9.